The van der Waals surface area contributed by atoms with Crippen molar-refractivity contribution in [1.29, 1.82) is 0 Å². The van der Waals surface area contributed by atoms with Crippen LogP contribution in [-0.2, 0) is 0 Å². The van der Waals surface area contributed by atoms with E-state index in [2.05, 4.69) is 26.1 Å². The lowest BCUT2D eigenvalue weighted by molar-refractivity contribution is 0.194. The Morgan fingerprint density at radius 1 is 1.19 bits per heavy atom. The Balaban J connectivity index is 2.09. The average Bonchev–Trinajstić information content (AvgIpc) is 3.02. The highest BCUT2D eigenvalue weighted by molar-refractivity contribution is 9.10. The maximum atomic E-state index is 14.5. The van der Waals surface area contributed by atoms with E-state index in [4.69, 9.17) is 0 Å². The number of nitrogens with zero attached hydrogens (tertiary/aromatic N) is 1. The quantitative estimate of drug-likeness (QED) is 0.824. The molecule has 6 heteroatoms. The van der Waals surface area contributed by atoms with Crippen molar-refractivity contribution >= 4 is 27.3 Å². The second-order valence-corrected chi connectivity index (χ2v) is 6.79. The maximum Gasteiger partial charge on any atom is 0.145 e. The summed E-state index contributed by atoms with van der Waals surface area (Å²) in [6, 6.07) is 6.23. The van der Waals surface area contributed by atoms with Gasteiger partial charge in [0.25, 0.3) is 0 Å². The molecule has 1 aromatic carbocycles. The predicted octanol–water partition coefficient (Wildman–Crippen LogP) is 3.78. The Bertz CT molecular complexity index is 612. The molecular formula is C15H15BrF2N2S. The smallest absolute Gasteiger partial charge is 0.145 e. The van der Waals surface area contributed by atoms with Gasteiger partial charge in [0.05, 0.1) is 10.5 Å². The van der Waals surface area contributed by atoms with Gasteiger partial charge in [-0.3, -0.25) is 4.90 Å². The van der Waals surface area contributed by atoms with Gasteiger partial charge in [0.15, 0.2) is 0 Å². The Morgan fingerprint density at radius 2 is 1.95 bits per heavy atom. The van der Waals surface area contributed by atoms with Gasteiger partial charge in [-0.2, -0.15) is 0 Å². The van der Waals surface area contributed by atoms with E-state index in [0.717, 1.165) is 31.1 Å². The van der Waals surface area contributed by atoms with Gasteiger partial charge in [0.1, 0.15) is 11.6 Å². The van der Waals surface area contributed by atoms with Gasteiger partial charge < -0.3 is 5.32 Å². The van der Waals surface area contributed by atoms with Crippen LogP contribution in [-0.4, -0.2) is 31.1 Å². The summed E-state index contributed by atoms with van der Waals surface area (Å²) < 4.78 is 29.2. The number of nitrogens with one attached hydrogen (secondary N) is 1. The summed E-state index contributed by atoms with van der Waals surface area (Å²) in [7, 11) is 0. The molecule has 0 amide bonds. The Morgan fingerprint density at radius 3 is 2.62 bits per heavy atom. The molecule has 1 N–H and O–H groups in total. The zero-order chi connectivity index (χ0) is 14.8. The van der Waals surface area contributed by atoms with Crippen LogP contribution in [0.2, 0.25) is 0 Å². The summed E-state index contributed by atoms with van der Waals surface area (Å²) in [5.41, 5.74) is 0.133. The summed E-state index contributed by atoms with van der Waals surface area (Å²) in [5.74, 6) is -1.00. The second-order valence-electron chi connectivity index (χ2n) is 4.96. The molecule has 1 saturated heterocycles. The summed E-state index contributed by atoms with van der Waals surface area (Å²) in [6.07, 6.45) is 0. The van der Waals surface area contributed by atoms with Crippen molar-refractivity contribution < 1.29 is 8.78 Å². The molecule has 0 unspecified atom stereocenters. The fraction of sp³-hybridized carbons (Fsp3) is 0.333. The minimum absolute atomic E-state index is 0.133. The van der Waals surface area contributed by atoms with E-state index in [1.54, 1.807) is 0 Å². The van der Waals surface area contributed by atoms with Gasteiger partial charge in [-0.25, -0.2) is 8.78 Å². The van der Waals surface area contributed by atoms with E-state index < -0.39 is 11.6 Å². The van der Waals surface area contributed by atoms with E-state index in [1.807, 2.05) is 17.5 Å². The molecule has 3 rings (SSSR count). The molecule has 1 aliphatic rings. The van der Waals surface area contributed by atoms with Crippen molar-refractivity contribution in [3.05, 3.63) is 56.2 Å². The molecule has 0 saturated carbocycles. The van der Waals surface area contributed by atoms with E-state index in [-0.39, 0.29) is 11.6 Å². The minimum atomic E-state index is -0.507. The van der Waals surface area contributed by atoms with Crippen molar-refractivity contribution in [3.63, 3.8) is 0 Å². The number of benzene rings is 1. The normalized spacial score (nSPS) is 17.9. The molecule has 1 aliphatic heterocycles. The lowest BCUT2D eigenvalue weighted by Gasteiger charge is -2.35. The summed E-state index contributed by atoms with van der Waals surface area (Å²) in [5, 5.41) is 5.21. The molecule has 0 radical (unpaired) electrons. The standard InChI is InChI=1S/C15H15BrF2N2S/c16-10-3-4-11(17)13(14(10)18)15(12-2-1-9-21-12)20-7-5-19-6-8-20/h1-4,9,15,19H,5-8H2/t15-/m0/s1. The van der Waals surface area contributed by atoms with Crippen molar-refractivity contribution in [2.45, 2.75) is 6.04 Å². The lowest BCUT2D eigenvalue weighted by Crippen LogP contribution is -2.45. The zero-order valence-electron chi connectivity index (χ0n) is 11.3. The monoisotopic (exact) mass is 372 g/mol. The topological polar surface area (TPSA) is 15.3 Å². The fourth-order valence-electron chi connectivity index (χ4n) is 2.69. The predicted molar refractivity (Wildman–Crippen MR) is 84.7 cm³/mol. The van der Waals surface area contributed by atoms with Gasteiger partial charge in [0, 0.05) is 36.6 Å². The molecule has 2 heterocycles. The first-order valence-corrected chi connectivity index (χ1v) is 8.47. The van der Waals surface area contributed by atoms with Crippen LogP contribution in [0, 0.1) is 11.6 Å². The molecule has 0 bridgehead atoms. The van der Waals surface area contributed by atoms with Crippen molar-refractivity contribution in [1.82, 2.24) is 10.2 Å². The molecule has 21 heavy (non-hydrogen) atoms. The summed E-state index contributed by atoms with van der Waals surface area (Å²) >= 11 is 4.70. The highest BCUT2D eigenvalue weighted by atomic mass is 79.9. The molecule has 1 aromatic heterocycles. The molecule has 1 fully saturated rings. The molecule has 0 aliphatic carbocycles. The number of thiophene rings is 1. The zero-order valence-corrected chi connectivity index (χ0v) is 13.7. The van der Waals surface area contributed by atoms with Gasteiger partial charge in [0.2, 0.25) is 0 Å². The highest BCUT2D eigenvalue weighted by Crippen LogP contribution is 2.36. The average molecular weight is 373 g/mol. The third kappa shape index (κ3) is 3.04. The summed E-state index contributed by atoms with van der Waals surface area (Å²) in [6.45, 7) is 3.21. The van der Waals surface area contributed by atoms with Gasteiger partial charge in [-0.05, 0) is 39.5 Å². The van der Waals surface area contributed by atoms with Gasteiger partial charge in [-0.15, -0.1) is 11.3 Å². The van der Waals surface area contributed by atoms with Crippen LogP contribution in [0.1, 0.15) is 16.5 Å². The first kappa shape index (κ1) is 15.1. The van der Waals surface area contributed by atoms with Crippen LogP contribution in [0.4, 0.5) is 8.78 Å². The number of piperazine rings is 1. The highest BCUT2D eigenvalue weighted by Gasteiger charge is 2.30. The minimum Gasteiger partial charge on any atom is -0.314 e. The molecule has 2 nitrogen and oxygen atoms in total. The largest absolute Gasteiger partial charge is 0.314 e. The molecule has 1 atom stereocenters. The van der Waals surface area contributed by atoms with Crippen molar-refractivity contribution in [3.8, 4) is 0 Å². The van der Waals surface area contributed by atoms with Crippen LogP contribution in [0.25, 0.3) is 0 Å². The second kappa shape index (κ2) is 6.52. The first-order chi connectivity index (χ1) is 10.2. The Kier molecular flexibility index (Phi) is 4.69. The van der Waals surface area contributed by atoms with Crippen molar-refractivity contribution in [2.24, 2.45) is 0 Å². The lowest BCUT2D eigenvalue weighted by atomic mass is 10.0. The van der Waals surface area contributed by atoms with E-state index >= 15 is 0 Å². The van der Waals surface area contributed by atoms with E-state index in [9.17, 15) is 8.78 Å². The van der Waals surface area contributed by atoms with Crippen LogP contribution in [0.3, 0.4) is 0 Å². The van der Waals surface area contributed by atoms with Crippen LogP contribution in [0.15, 0.2) is 34.1 Å². The van der Waals surface area contributed by atoms with E-state index in [1.165, 1.54) is 23.5 Å². The van der Waals surface area contributed by atoms with Gasteiger partial charge in [-0.1, -0.05) is 6.07 Å². The van der Waals surface area contributed by atoms with Crippen molar-refractivity contribution in [2.75, 3.05) is 26.2 Å². The molecule has 112 valence electrons. The first-order valence-electron chi connectivity index (χ1n) is 6.80. The number of hydrogen-bond donors (Lipinski definition) is 1. The Hall–Kier alpha value is -0.820. The van der Waals surface area contributed by atoms with Crippen LogP contribution >= 0.6 is 27.3 Å². The van der Waals surface area contributed by atoms with E-state index in [0.29, 0.717) is 4.47 Å². The van der Waals surface area contributed by atoms with Gasteiger partial charge >= 0.3 is 0 Å². The third-order valence-corrected chi connectivity index (χ3v) is 5.22. The molecule has 0 spiro atoms. The number of halogens is 3. The van der Waals surface area contributed by atoms with Crippen LogP contribution < -0.4 is 5.32 Å². The molecule has 2 aromatic rings. The number of hydrogen-bond acceptors (Lipinski definition) is 3. The summed E-state index contributed by atoms with van der Waals surface area (Å²) in [4.78, 5) is 3.10. The van der Waals surface area contributed by atoms with Crippen LogP contribution in [0.5, 0.6) is 0 Å². The molecular weight excluding hydrogens is 358 g/mol. The third-order valence-electron chi connectivity index (χ3n) is 3.68. The number of rotatable bonds is 3. The Labute approximate surface area is 134 Å². The SMILES string of the molecule is Fc1ccc(Br)c(F)c1[C@H](c1cccs1)N1CCNCC1. The fourth-order valence-corrected chi connectivity index (χ4v) is 3.90. The maximum absolute atomic E-state index is 14.5.